The van der Waals surface area contributed by atoms with E-state index in [0.717, 1.165) is 33.5 Å². The molecule has 5 aromatic rings. The van der Waals surface area contributed by atoms with Gasteiger partial charge in [-0.05, 0) is 63.6 Å². The first kappa shape index (κ1) is 23.4. The van der Waals surface area contributed by atoms with Crippen LogP contribution in [0, 0.1) is 20.8 Å². The van der Waals surface area contributed by atoms with E-state index in [9.17, 15) is 4.79 Å². The average Bonchev–Trinajstić information content (AvgIpc) is 3.42. The molecule has 0 aliphatic carbocycles. The zero-order valence-electron chi connectivity index (χ0n) is 21.0. The van der Waals surface area contributed by atoms with Crippen LogP contribution in [0.3, 0.4) is 0 Å². The molecule has 0 spiro atoms. The molecule has 0 saturated heterocycles. The van der Waals surface area contributed by atoms with Crippen molar-refractivity contribution in [2.75, 3.05) is 13.7 Å². The number of fused-ring (bicyclic) bond motifs is 1. The summed E-state index contributed by atoms with van der Waals surface area (Å²) in [6.07, 6.45) is 0. The summed E-state index contributed by atoms with van der Waals surface area (Å²) >= 11 is 0. The minimum Gasteiger partial charge on any atom is -0.493 e. The lowest BCUT2D eigenvalue weighted by Crippen LogP contribution is -2.23. The standard InChI is InChI=1S/C28H28N4O4/c1-6-35-23-13-12-20(15-24(23)34-5)27-29-22(19(4)36-27)16-31-25(33)14-17(2)26-18(3)30-32(28(26)31)21-10-8-7-9-11-21/h7-15H,6,16H2,1-5H3. The highest BCUT2D eigenvalue weighted by atomic mass is 16.5. The fourth-order valence-corrected chi connectivity index (χ4v) is 4.49. The van der Waals surface area contributed by atoms with Crippen LogP contribution in [0.2, 0.25) is 0 Å². The zero-order chi connectivity index (χ0) is 25.4. The predicted molar refractivity (Wildman–Crippen MR) is 138 cm³/mol. The summed E-state index contributed by atoms with van der Waals surface area (Å²) in [4.78, 5) is 18.0. The van der Waals surface area contributed by atoms with E-state index in [2.05, 4.69) is 0 Å². The molecule has 3 aromatic heterocycles. The maximum atomic E-state index is 13.3. The summed E-state index contributed by atoms with van der Waals surface area (Å²) in [5.74, 6) is 2.35. The first-order valence-corrected chi connectivity index (χ1v) is 11.8. The number of methoxy groups -OCH3 is 1. The summed E-state index contributed by atoms with van der Waals surface area (Å²) < 4.78 is 20.7. The molecular weight excluding hydrogens is 456 g/mol. The molecule has 8 heteroatoms. The van der Waals surface area contributed by atoms with Crippen LogP contribution in [-0.2, 0) is 6.54 Å². The van der Waals surface area contributed by atoms with E-state index in [-0.39, 0.29) is 12.1 Å². The van der Waals surface area contributed by atoms with E-state index in [1.165, 1.54) is 0 Å². The number of pyridine rings is 1. The first-order chi connectivity index (χ1) is 17.4. The Labute approximate surface area is 208 Å². The first-order valence-electron chi connectivity index (χ1n) is 11.8. The number of ether oxygens (including phenoxy) is 2. The second kappa shape index (κ2) is 9.37. The lowest BCUT2D eigenvalue weighted by molar-refractivity contribution is 0.311. The summed E-state index contributed by atoms with van der Waals surface area (Å²) in [7, 11) is 1.60. The van der Waals surface area contributed by atoms with Crippen LogP contribution in [0.1, 0.15) is 29.6 Å². The average molecular weight is 485 g/mol. The molecule has 5 rings (SSSR count). The van der Waals surface area contributed by atoms with Gasteiger partial charge in [-0.25, -0.2) is 9.67 Å². The van der Waals surface area contributed by atoms with Crippen molar-refractivity contribution in [2.24, 2.45) is 0 Å². The summed E-state index contributed by atoms with van der Waals surface area (Å²) in [5.41, 5.74) is 4.68. The molecule has 0 amide bonds. The summed E-state index contributed by atoms with van der Waals surface area (Å²) in [6.45, 7) is 8.47. The Morgan fingerprint density at radius 3 is 2.50 bits per heavy atom. The van der Waals surface area contributed by atoms with Gasteiger partial charge in [0.1, 0.15) is 17.1 Å². The largest absolute Gasteiger partial charge is 0.493 e. The van der Waals surface area contributed by atoms with Gasteiger partial charge in [-0.2, -0.15) is 5.10 Å². The van der Waals surface area contributed by atoms with Crippen LogP contribution in [0.5, 0.6) is 11.5 Å². The molecule has 0 N–H and O–H groups in total. The monoisotopic (exact) mass is 484 g/mol. The lowest BCUT2D eigenvalue weighted by Gasteiger charge is -2.11. The van der Waals surface area contributed by atoms with Crippen molar-refractivity contribution in [1.29, 1.82) is 0 Å². The van der Waals surface area contributed by atoms with Gasteiger partial charge in [0, 0.05) is 17.0 Å². The molecule has 2 aromatic carbocycles. The van der Waals surface area contributed by atoms with Crippen molar-refractivity contribution in [1.82, 2.24) is 19.3 Å². The Morgan fingerprint density at radius 2 is 1.78 bits per heavy atom. The number of nitrogens with zero attached hydrogens (tertiary/aromatic N) is 4. The topological polar surface area (TPSA) is 84.3 Å². The molecular formula is C28H28N4O4. The minimum absolute atomic E-state index is 0.122. The van der Waals surface area contributed by atoms with Crippen molar-refractivity contribution in [2.45, 2.75) is 34.2 Å². The molecule has 0 fully saturated rings. The quantitative estimate of drug-likeness (QED) is 0.315. The van der Waals surface area contributed by atoms with Gasteiger partial charge >= 0.3 is 0 Å². The van der Waals surface area contributed by atoms with Gasteiger partial charge in [-0.3, -0.25) is 9.36 Å². The summed E-state index contributed by atoms with van der Waals surface area (Å²) in [5, 5.41) is 5.72. The number of benzene rings is 2. The number of hydrogen-bond donors (Lipinski definition) is 0. The fourth-order valence-electron chi connectivity index (χ4n) is 4.49. The SMILES string of the molecule is CCOc1ccc(-c2nc(Cn3c(=O)cc(C)c4c(C)nn(-c5ccccc5)c43)c(C)o2)cc1OC. The van der Waals surface area contributed by atoms with Gasteiger partial charge in [0.05, 0.1) is 31.6 Å². The predicted octanol–water partition coefficient (Wildman–Crippen LogP) is 5.22. The highest BCUT2D eigenvalue weighted by molar-refractivity contribution is 5.83. The van der Waals surface area contributed by atoms with Crippen LogP contribution in [0.4, 0.5) is 0 Å². The van der Waals surface area contributed by atoms with Crippen molar-refractivity contribution in [3.05, 3.63) is 87.7 Å². The third kappa shape index (κ3) is 4.04. The maximum absolute atomic E-state index is 13.3. The Bertz CT molecular complexity index is 1610. The van der Waals surface area contributed by atoms with Crippen LogP contribution >= 0.6 is 0 Å². The van der Waals surface area contributed by atoms with E-state index in [1.807, 2.05) is 80.9 Å². The third-order valence-corrected chi connectivity index (χ3v) is 6.20. The van der Waals surface area contributed by atoms with Gasteiger partial charge in [0.2, 0.25) is 5.89 Å². The molecule has 8 nitrogen and oxygen atoms in total. The molecule has 0 aliphatic rings. The van der Waals surface area contributed by atoms with E-state index in [1.54, 1.807) is 17.7 Å². The molecule has 184 valence electrons. The van der Waals surface area contributed by atoms with Gasteiger partial charge in [-0.15, -0.1) is 0 Å². The van der Waals surface area contributed by atoms with E-state index < -0.39 is 0 Å². The molecule has 0 bridgehead atoms. The molecule has 0 aliphatic heterocycles. The normalized spacial score (nSPS) is 11.2. The number of oxazole rings is 1. The number of aryl methyl sites for hydroxylation is 3. The zero-order valence-corrected chi connectivity index (χ0v) is 21.0. The fraction of sp³-hybridized carbons (Fsp3) is 0.250. The second-order valence-corrected chi connectivity index (χ2v) is 8.60. The maximum Gasteiger partial charge on any atom is 0.252 e. The van der Waals surface area contributed by atoms with Crippen LogP contribution in [0.25, 0.3) is 28.2 Å². The number of aromatic nitrogens is 4. The Morgan fingerprint density at radius 1 is 1.00 bits per heavy atom. The van der Waals surface area contributed by atoms with Crippen molar-refractivity contribution < 1.29 is 13.9 Å². The Hall–Kier alpha value is -4.33. The van der Waals surface area contributed by atoms with E-state index in [0.29, 0.717) is 35.5 Å². The second-order valence-electron chi connectivity index (χ2n) is 8.60. The smallest absolute Gasteiger partial charge is 0.252 e. The van der Waals surface area contributed by atoms with E-state index in [4.69, 9.17) is 24.0 Å². The molecule has 0 saturated carbocycles. The van der Waals surface area contributed by atoms with Gasteiger partial charge in [0.15, 0.2) is 11.5 Å². The highest BCUT2D eigenvalue weighted by Crippen LogP contribution is 2.33. The molecule has 3 heterocycles. The lowest BCUT2D eigenvalue weighted by atomic mass is 10.1. The third-order valence-electron chi connectivity index (χ3n) is 6.20. The molecule has 0 unspecified atom stereocenters. The van der Waals surface area contributed by atoms with Crippen LogP contribution in [-0.4, -0.2) is 33.0 Å². The Kier molecular flexibility index (Phi) is 6.10. The van der Waals surface area contributed by atoms with Crippen LogP contribution in [0.15, 0.2) is 63.8 Å². The number of hydrogen-bond acceptors (Lipinski definition) is 6. The van der Waals surface area contributed by atoms with Crippen molar-refractivity contribution in [3.63, 3.8) is 0 Å². The van der Waals surface area contributed by atoms with Crippen LogP contribution < -0.4 is 15.0 Å². The Balaban J connectivity index is 1.61. The van der Waals surface area contributed by atoms with Gasteiger partial charge < -0.3 is 13.9 Å². The minimum atomic E-state index is -0.122. The molecule has 0 atom stereocenters. The summed E-state index contributed by atoms with van der Waals surface area (Å²) in [6, 6.07) is 17.0. The molecule has 36 heavy (non-hydrogen) atoms. The van der Waals surface area contributed by atoms with Crippen molar-refractivity contribution >= 4 is 11.0 Å². The number of rotatable bonds is 7. The van der Waals surface area contributed by atoms with Gasteiger partial charge in [-0.1, -0.05) is 18.2 Å². The van der Waals surface area contributed by atoms with E-state index >= 15 is 0 Å². The highest BCUT2D eigenvalue weighted by Gasteiger charge is 2.20. The molecule has 0 radical (unpaired) electrons. The van der Waals surface area contributed by atoms with Gasteiger partial charge in [0.25, 0.3) is 5.56 Å². The number of para-hydroxylation sites is 1. The van der Waals surface area contributed by atoms with Crippen molar-refractivity contribution in [3.8, 4) is 28.6 Å².